The van der Waals surface area contributed by atoms with E-state index in [1.165, 1.54) is 28.2 Å². The molecule has 5 nitrogen and oxygen atoms in total. The van der Waals surface area contributed by atoms with Crippen molar-refractivity contribution in [2.24, 2.45) is 5.92 Å². The van der Waals surface area contributed by atoms with Crippen LogP contribution >= 0.6 is 22.7 Å². The lowest BCUT2D eigenvalue weighted by atomic mass is 9.97. The lowest BCUT2D eigenvalue weighted by molar-refractivity contribution is -0.125. The molecule has 1 aliphatic heterocycles. The zero-order valence-electron chi connectivity index (χ0n) is 15.1. The summed E-state index contributed by atoms with van der Waals surface area (Å²) in [5.74, 6) is -0.00398. The minimum atomic E-state index is -0.0773. The van der Waals surface area contributed by atoms with Crippen LogP contribution < -0.4 is 15.0 Å². The van der Waals surface area contributed by atoms with Gasteiger partial charge in [-0.3, -0.25) is 9.59 Å². The molecule has 1 aliphatic rings. The molecule has 7 heteroatoms. The van der Waals surface area contributed by atoms with E-state index in [4.69, 9.17) is 0 Å². The number of benzene rings is 1. The van der Waals surface area contributed by atoms with Gasteiger partial charge in [0.1, 0.15) is 4.70 Å². The van der Waals surface area contributed by atoms with Crippen LogP contribution in [0.1, 0.15) is 24.0 Å². The van der Waals surface area contributed by atoms with Gasteiger partial charge >= 0.3 is 0 Å². The summed E-state index contributed by atoms with van der Waals surface area (Å²) in [4.78, 5) is 31.6. The summed E-state index contributed by atoms with van der Waals surface area (Å²) in [6, 6.07) is 10.1. The van der Waals surface area contributed by atoms with E-state index in [9.17, 15) is 9.59 Å². The molecule has 3 heterocycles. The first-order valence-electron chi connectivity index (χ1n) is 9.07. The standard InChI is InChI=1S/C20H21N3O2S2/c1-13-4-6-14(7-5-13)11-21-18(24)15-3-2-9-23(12-15)20-22-16-8-10-26-17(16)19(25)27-20/h4-8,10,15H,2-3,9,11-12H2,1H3,(H,21,24)/t15-/m0/s1. The number of fused-ring (bicyclic) bond motifs is 1. The van der Waals surface area contributed by atoms with Crippen molar-refractivity contribution in [3.63, 3.8) is 0 Å². The molecule has 1 N–H and O–H groups in total. The van der Waals surface area contributed by atoms with E-state index >= 15 is 0 Å². The van der Waals surface area contributed by atoms with Crippen LogP contribution in [0, 0.1) is 12.8 Å². The Hall–Kier alpha value is -2.25. The molecule has 1 atom stereocenters. The molecule has 0 aliphatic carbocycles. The van der Waals surface area contributed by atoms with Gasteiger partial charge in [-0.1, -0.05) is 41.2 Å². The lowest BCUT2D eigenvalue weighted by Crippen LogP contribution is -2.43. The molecule has 0 bridgehead atoms. The van der Waals surface area contributed by atoms with Gasteiger partial charge in [-0.15, -0.1) is 11.3 Å². The fraction of sp³-hybridized carbons (Fsp3) is 0.350. The Bertz CT molecular complexity index is 1010. The third-order valence-electron chi connectivity index (χ3n) is 4.88. The number of anilines is 1. The minimum absolute atomic E-state index is 0.0518. The van der Waals surface area contributed by atoms with Crippen LogP contribution in [0.4, 0.5) is 5.13 Å². The number of nitrogens with zero attached hydrogens (tertiary/aromatic N) is 2. The first-order chi connectivity index (χ1) is 13.1. The molecule has 1 saturated heterocycles. The number of hydrogen-bond donors (Lipinski definition) is 1. The van der Waals surface area contributed by atoms with E-state index in [2.05, 4.69) is 34.3 Å². The van der Waals surface area contributed by atoms with Crippen LogP contribution in [0.15, 0.2) is 40.5 Å². The van der Waals surface area contributed by atoms with Crippen LogP contribution in [-0.2, 0) is 11.3 Å². The molecule has 0 unspecified atom stereocenters. The second-order valence-electron chi connectivity index (χ2n) is 6.91. The van der Waals surface area contributed by atoms with Gasteiger partial charge in [0.2, 0.25) is 5.91 Å². The number of carbonyl (C=O) groups is 1. The predicted octanol–water partition coefficient (Wildman–Crippen LogP) is 3.56. The highest BCUT2D eigenvalue weighted by Crippen LogP contribution is 2.26. The van der Waals surface area contributed by atoms with E-state index in [1.807, 2.05) is 23.6 Å². The fourth-order valence-electron chi connectivity index (χ4n) is 3.34. The van der Waals surface area contributed by atoms with Crippen LogP contribution in [0.25, 0.3) is 10.2 Å². The number of nitrogens with one attached hydrogen (secondary N) is 1. The van der Waals surface area contributed by atoms with Crippen molar-refractivity contribution in [2.75, 3.05) is 18.0 Å². The van der Waals surface area contributed by atoms with E-state index in [0.717, 1.165) is 35.6 Å². The summed E-state index contributed by atoms with van der Waals surface area (Å²) >= 11 is 2.61. The third kappa shape index (κ3) is 4.04. The van der Waals surface area contributed by atoms with E-state index in [0.29, 0.717) is 17.8 Å². The predicted molar refractivity (Wildman–Crippen MR) is 112 cm³/mol. The summed E-state index contributed by atoms with van der Waals surface area (Å²) in [6.07, 6.45) is 1.79. The van der Waals surface area contributed by atoms with Gasteiger partial charge in [-0.25, -0.2) is 4.98 Å². The number of aryl methyl sites for hydroxylation is 1. The van der Waals surface area contributed by atoms with Crippen LogP contribution in [0.2, 0.25) is 0 Å². The zero-order valence-corrected chi connectivity index (χ0v) is 16.7. The highest BCUT2D eigenvalue weighted by atomic mass is 32.1. The van der Waals surface area contributed by atoms with Crippen molar-refractivity contribution in [1.29, 1.82) is 0 Å². The number of carbonyl (C=O) groups excluding carboxylic acids is 1. The number of rotatable bonds is 4. The second kappa shape index (κ2) is 7.78. The summed E-state index contributed by atoms with van der Waals surface area (Å²) in [6.45, 7) is 4.04. The summed E-state index contributed by atoms with van der Waals surface area (Å²) in [7, 11) is 0. The Labute approximate surface area is 165 Å². The molecular formula is C20H21N3O2S2. The van der Waals surface area contributed by atoms with Crippen molar-refractivity contribution in [1.82, 2.24) is 10.3 Å². The van der Waals surface area contributed by atoms with Crippen LogP contribution in [-0.4, -0.2) is 24.0 Å². The van der Waals surface area contributed by atoms with Gasteiger partial charge in [0, 0.05) is 19.6 Å². The Balaban J connectivity index is 1.43. The Kier molecular flexibility index (Phi) is 5.22. The maximum atomic E-state index is 12.6. The maximum Gasteiger partial charge on any atom is 0.255 e. The molecule has 140 valence electrons. The molecule has 0 radical (unpaired) electrons. The Morgan fingerprint density at radius 2 is 2.11 bits per heavy atom. The van der Waals surface area contributed by atoms with Crippen LogP contribution in [0.5, 0.6) is 0 Å². The van der Waals surface area contributed by atoms with Crippen molar-refractivity contribution in [3.05, 3.63) is 56.4 Å². The highest BCUT2D eigenvalue weighted by Gasteiger charge is 2.27. The zero-order chi connectivity index (χ0) is 18.8. The van der Waals surface area contributed by atoms with Gasteiger partial charge < -0.3 is 10.2 Å². The third-order valence-corrected chi connectivity index (χ3v) is 6.83. The van der Waals surface area contributed by atoms with Gasteiger partial charge in [0.05, 0.1) is 11.4 Å². The average molecular weight is 400 g/mol. The maximum absolute atomic E-state index is 12.6. The Morgan fingerprint density at radius 1 is 1.30 bits per heavy atom. The fourth-order valence-corrected chi connectivity index (χ4v) is 5.07. The molecule has 4 rings (SSSR count). The topological polar surface area (TPSA) is 62.3 Å². The van der Waals surface area contributed by atoms with E-state index < -0.39 is 0 Å². The quantitative estimate of drug-likeness (QED) is 0.729. The molecule has 3 aromatic rings. The summed E-state index contributed by atoms with van der Waals surface area (Å²) < 4.78 is 0.768. The average Bonchev–Trinajstić information content (AvgIpc) is 3.17. The normalized spacial score (nSPS) is 17.2. The van der Waals surface area contributed by atoms with E-state index in [-0.39, 0.29) is 16.6 Å². The first kappa shape index (κ1) is 18.1. The monoisotopic (exact) mass is 399 g/mol. The highest BCUT2D eigenvalue weighted by molar-refractivity contribution is 7.21. The summed E-state index contributed by atoms with van der Waals surface area (Å²) in [5.41, 5.74) is 3.07. The number of hydrogen-bond acceptors (Lipinski definition) is 6. The molecule has 2 aromatic heterocycles. The number of aromatic nitrogens is 1. The second-order valence-corrected chi connectivity index (χ2v) is 8.76. The van der Waals surface area contributed by atoms with E-state index in [1.54, 1.807) is 0 Å². The summed E-state index contributed by atoms with van der Waals surface area (Å²) in [5, 5.41) is 5.67. The van der Waals surface area contributed by atoms with Crippen LogP contribution in [0.3, 0.4) is 0 Å². The molecule has 0 saturated carbocycles. The molecule has 0 spiro atoms. The molecule has 1 aromatic carbocycles. The largest absolute Gasteiger partial charge is 0.352 e. The first-order valence-corrected chi connectivity index (χ1v) is 10.8. The Morgan fingerprint density at radius 3 is 2.93 bits per heavy atom. The van der Waals surface area contributed by atoms with Crippen molar-refractivity contribution < 1.29 is 4.79 Å². The van der Waals surface area contributed by atoms with Gasteiger partial charge in [0.15, 0.2) is 5.13 Å². The van der Waals surface area contributed by atoms with Crippen molar-refractivity contribution in [2.45, 2.75) is 26.3 Å². The SMILES string of the molecule is Cc1ccc(CNC(=O)[C@H]2CCCN(c3nc4ccsc4c(=O)s3)C2)cc1. The molecule has 27 heavy (non-hydrogen) atoms. The van der Waals surface area contributed by atoms with Crippen molar-refractivity contribution in [3.8, 4) is 0 Å². The minimum Gasteiger partial charge on any atom is -0.352 e. The van der Waals surface area contributed by atoms with Gasteiger partial charge in [-0.2, -0.15) is 0 Å². The number of thiophene rings is 1. The number of piperidine rings is 1. The molecular weight excluding hydrogens is 378 g/mol. The number of amides is 1. The lowest BCUT2D eigenvalue weighted by Gasteiger charge is -2.32. The van der Waals surface area contributed by atoms with Gasteiger partial charge in [-0.05, 0) is 36.8 Å². The van der Waals surface area contributed by atoms with Gasteiger partial charge in [0.25, 0.3) is 4.74 Å². The van der Waals surface area contributed by atoms with Crippen molar-refractivity contribution >= 4 is 43.9 Å². The molecule has 1 amide bonds. The smallest absolute Gasteiger partial charge is 0.255 e. The molecule has 1 fully saturated rings.